The molecule has 7 heteroatoms. The van der Waals surface area contributed by atoms with Crippen LogP contribution in [0.25, 0.3) is 11.4 Å². The lowest BCUT2D eigenvalue weighted by molar-refractivity contribution is -0.127. The average molecular weight is 397 g/mol. The molecule has 0 unspecified atom stereocenters. The van der Waals surface area contributed by atoms with Gasteiger partial charge in [-0.2, -0.15) is 0 Å². The predicted molar refractivity (Wildman–Crippen MR) is 111 cm³/mol. The fraction of sp³-hybridized carbons (Fsp3) is 0.286. The smallest absolute Gasteiger partial charge is 0.233 e. The van der Waals surface area contributed by atoms with Crippen LogP contribution in [-0.2, 0) is 18.4 Å². The van der Waals surface area contributed by atoms with E-state index >= 15 is 0 Å². The van der Waals surface area contributed by atoms with Crippen molar-refractivity contribution >= 4 is 17.7 Å². The lowest BCUT2D eigenvalue weighted by atomic mass is 10.1. The number of amides is 1. The molecule has 146 valence electrons. The van der Waals surface area contributed by atoms with Crippen molar-refractivity contribution in [2.45, 2.75) is 18.6 Å². The minimum absolute atomic E-state index is 0.0354. The van der Waals surface area contributed by atoms with Crippen LogP contribution in [0.5, 0.6) is 5.75 Å². The third-order valence-electron chi connectivity index (χ3n) is 4.53. The van der Waals surface area contributed by atoms with Crippen LogP contribution in [0.15, 0.2) is 53.7 Å². The van der Waals surface area contributed by atoms with E-state index in [-0.39, 0.29) is 5.91 Å². The molecule has 2 aromatic carbocycles. The van der Waals surface area contributed by atoms with Gasteiger partial charge in [-0.1, -0.05) is 48.2 Å². The van der Waals surface area contributed by atoms with Gasteiger partial charge in [-0.25, -0.2) is 0 Å². The molecule has 0 atom stereocenters. The van der Waals surface area contributed by atoms with E-state index < -0.39 is 0 Å². The van der Waals surface area contributed by atoms with Crippen molar-refractivity contribution in [3.05, 3.63) is 59.7 Å². The van der Waals surface area contributed by atoms with E-state index in [0.717, 1.165) is 33.4 Å². The van der Waals surface area contributed by atoms with E-state index in [0.29, 0.717) is 12.3 Å². The van der Waals surface area contributed by atoms with Gasteiger partial charge < -0.3 is 14.2 Å². The number of hydrogen-bond acceptors (Lipinski definition) is 5. The maximum Gasteiger partial charge on any atom is 0.233 e. The van der Waals surface area contributed by atoms with Crippen molar-refractivity contribution < 1.29 is 9.53 Å². The molecule has 28 heavy (non-hydrogen) atoms. The van der Waals surface area contributed by atoms with E-state index in [9.17, 15) is 4.79 Å². The Morgan fingerprint density at radius 3 is 2.71 bits per heavy atom. The molecule has 0 bridgehead atoms. The molecule has 0 N–H and O–H groups in total. The maximum atomic E-state index is 12.5. The van der Waals surface area contributed by atoms with Gasteiger partial charge in [0.15, 0.2) is 11.0 Å². The minimum atomic E-state index is 0.0354. The largest absolute Gasteiger partial charge is 0.497 e. The average Bonchev–Trinajstić information content (AvgIpc) is 3.06. The molecule has 0 aliphatic rings. The number of carbonyl (C=O) groups is 1. The highest BCUT2D eigenvalue weighted by Gasteiger charge is 2.16. The van der Waals surface area contributed by atoms with E-state index in [1.807, 2.05) is 67.1 Å². The third-order valence-corrected chi connectivity index (χ3v) is 5.53. The number of nitrogens with zero attached hydrogens (tertiary/aromatic N) is 4. The Balaban J connectivity index is 1.62. The fourth-order valence-electron chi connectivity index (χ4n) is 2.87. The topological polar surface area (TPSA) is 60.2 Å². The number of ether oxygens (including phenoxy) is 1. The quantitative estimate of drug-likeness (QED) is 0.572. The number of thioether (sulfide) groups is 1. The summed E-state index contributed by atoms with van der Waals surface area (Å²) in [4.78, 5) is 14.2. The predicted octanol–water partition coefficient (Wildman–Crippen LogP) is 3.55. The van der Waals surface area contributed by atoms with Gasteiger partial charge in [0.05, 0.1) is 12.9 Å². The lowest BCUT2D eigenvalue weighted by Crippen LogP contribution is -2.27. The van der Waals surface area contributed by atoms with Gasteiger partial charge in [-0.15, -0.1) is 10.2 Å². The molecule has 0 aliphatic carbocycles. The normalized spacial score (nSPS) is 10.7. The summed E-state index contributed by atoms with van der Waals surface area (Å²) in [6, 6.07) is 15.8. The molecule has 3 rings (SSSR count). The van der Waals surface area contributed by atoms with Crippen molar-refractivity contribution in [2.75, 3.05) is 19.9 Å². The number of aryl methyl sites for hydroxylation is 1. The van der Waals surface area contributed by atoms with E-state index in [1.165, 1.54) is 11.8 Å². The van der Waals surface area contributed by atoms with Crippen LogP contribution in [-0.4, -0.2) is 45.5 Å². The van der Waals surface area contributed by atoms with Gasteiger partial charge in [0, 0.05) is 26.2 Å². The summed E-state index contributed by atoms with van der Waals surface area (Å²) in [6.45, 7) is 2.58. The zero-order chi connectivity index (χ0) is 20.1. The second kappa shape index (κ2) is 8.93. The monoisotopic (exact) mass is 396 g/mol. The standard InChI is InChI=1S/C21H24N4O2S/c1-15-8-5-6-11-18(15)20-22-23-21(25(20)3)28-14-19(26)24(2)13-16-9-7-10-17(12-16)27-4/h5-12H,13-14H2,1-4H3. The van der Waals surface area contributed by atoms with Gasteiger partial charge in [0.25, 0.3) is 0 Å². The van der Waals surface area contributed by atoms with Crippen LogP contribution >= 0.6 is 11.8 Å². The van der Waals surface area contributed by atoms with Crippen LogP contribution in [0.3, 0.4) is 0 Å². The second-order valence-corrected chi connectivity index (χ2v) is 7.51. The lowest BCUT2D eigenvalue weighted by Gasteiger charge is -2.17. The Morgan fingerprint density at radius 2 is 1.96 bits per heavy atom. The molecule has 1 aromatic heterocycles. The van der Waals surface area contributed by atoms with Crippen LogP contribution in [0, 0.1) is 6.92 Å². The molecule has 0 saturated carbocycles. The van der Waals surface area contributed by atoms with Crippen molar-refractivity contribution in [3.63, 3.8) is 0 Å². The summed E-state index contributed by atoms with van der Waals surface area (Å²) < 4.78 is 7.17. The van der Waals surface area contributed by atoms with Crippen molar-refractivity contribution in [3.8, 4) is 17.1 Å². The summed E-state index contributed by atoms with van der Waals surface area (Å²) >= 11 is 1.40. The molecular weight excluding hydrogens is 372 g/mol. The number of hydrogen-bond donors (Lipinski definition) is 0. The second-order valence-electron chi connectivity index (χ2n) is 6.57. The number of rotatable bonds is 7. The van der Waals surface area contributed by atoms with E-state index in [2.05, 4.69) is 10.2 Å². The van der Waals surface area contributed by atoms with Crippen LogP contribution in [0.4, 0.5) is 0 Å². The minimum Gasteiger partial charge on any atom is -0.497 e. The molecule has 3 aromatic rings. The van der Waals surface area contributed by atoms with Gasteiger partial charge in [-0.05, 0) is 30.2 Å². The number of benzene rings is 2. The molecule has 0 fully saturated rings. The molecule has 6 nitrogen and oxygen atoms in total. The summed E-state index contributed by atoms with van der Waals surface area (Å²) in [5.41, 5.74) is 3.22. The molecule has 1 amide bonds. The van der Waals surface area contributed by atoms with Crippen molar-refractivity contribution in [2.24, 2.45) is 7.05 Å². The summed E-state index contributed by atoms with van der Waals surface area (Å²) in [7, 11) is 5.36. The first-order valence-corrected chi connectivity index (χ1v) is 9.93. The Labute approximate surface area is 169 Å². The Kier molecular flexibility index (Phi) is 6.36. The Hall–Kier alpha value is -2.80. The van der Waals surface area contributed by atoms with Crippen LogP contribution in [0.1, 0.15) is 11.1 Å². The number of carbonyl (C=O) groups excluding carboxylic acids is 1. The van der Waals surface area contributed by atoms with Crippen LogP contribution < -0.4 is 4.74 Å². The fourth-order valence-corrected chi connectivity index (χ4v) is 3.72. The van der Waals surface area contributed by atoms with E-state index in [4.69, 9.17) is 4.74 Å². The van der Waals surface area contributed by atoms with Crippen LogP contribution in [0.2, 0.25) is 0 Å². The molecular formula is C21H24N4O2S. The molecule has 0 radical (unpaired) electrons. The molecule has 1 heterocycles. The zero-order valence-electron chi connectivity index (χ0n) is 16.5. The van der Waals surface area contributed by atoms with E-state index in [1.54, 1.807) is 19.1 Å². The van der Waals surface area contributed by atoms with Crippen molar-refractivity contribution in [1.82, 2.24) is 19.7 Å². The van der Waals surface area contributed by atoms with Gasteiger partial charge >= 0.3 is 0 Å². The Bertz CT molecular complexity index is 971. The highest BCUT2D eigenvalue weighted by atomic mass is 32.2. The first-order chi connectivity index (χ1) is 13.5. The van der Waals surface area contributed by atoms with Gasteiger partial charge in [-0.3, -0.25) is 4.79 Å². The third kappa shape index (κ3) is 4.54. The number of aromatic nitrogens is 3. The van der Waals surface area contributed by atoms with Crippen molar-refractivity contribution in [1.29, 1.82) is 0 Å². The maximum absolute atomic E-state index is 12.5. The SMILES string of the molecule is COc1cccc(CN(C)C(=O)CSc2nnc(-c3ccccc3C)n2C)c1. The highest BCUT2D eigenvalue weighted by molar-refractivity contribution is 7.99. The molecule has 0 spiro atoms. The van der Waals surface area contributed by atoms with Gasteiger partial charge in [0.2, 0.25) is 5.91 Å². The Morgan fingerprint density at radius 1 is 1.18 bits per heavy atom. The summed E-state index contributed by atoms with van der Waals surface area (Å²) in [6.07, 6.45) is 0. The first-order valence-electron chi connectivity index (χ1n) is 8.94. The van der Waals surface area contributed by atoms with Gasteiger partial charge in [0.1, 0.15) is 5.75 Å². The summed E-state index contributed by atoms with van der Waals surface area (Å²) in [5.74, 6) is 1.93. The zero-order valence-corrected chi connectivity index (χ0v) is 17.4. The molecule has 0 saturated heterocycles. The number of methoxy groups -OCH3 is 1. The summed E-state index contributed by atoms with van der Waals surface area (Å²) in [5, 5.41) is 9.29. The first kappa shape index (κ1) is 19.9. The molecule has 0 aliphatic heterocycles. The highest BCUT2D eigenvalue weighted by Crippen LogP contribution is 2.25.